The molecule has 5 nitrogen and oxygen atoms in total. The van der Waals surface area contributed by atoms with Crippen LogP contribution in [-0.2, 0) is 9.84 Å². The minimum atomic E-state index is -2.86. The van der Waals surface area contributed by atoms with Crippen molar-refractivity contribution in [1.82, 2.24) is 9.97 Å². The minimum absolute atomic E-state index is 0.0296. The van der Waals surface area contributed by atoms with Crippen molar-refractivity contribution in [3.63, 3.8) is 0 Å². The zero-order chi connectivity index (χ0) is 11.9. The van der Waals surface area contributed by atoms with Gasteiger partial charge in [0.1, 0.15) is 17.0 Å². The van der Waals surface area contributed by atoms with Crippen LogP contribution in [0.4, 0.5) is 5.82 Å². The molecule has 0 aromatic carbocycles. The Bertz CT molecular complexity index is 650. The molecule has 0 radical (unpaired) electrons. The van der Waals surface area contributed by atoms with Crippen molar-refractivity contribution in [3.05, 3.63) is 17.8 Å². The predicted octanol–water partition coefficient (Wildman–Crippen LogP) is 1.29. The number of hydrogen-bond acceptors (Lipinski definition) is 6. The molecule has 0 bridgehead atoms. The first-order chi connectivity index (χ1) is 8.14. The van der Waals surface area contributed by atoms with Crippen LogP contribution in [0.5, 0.6) is 0 Å². The molecule has 2 aromatic heterocycles. The fraction of sp³-hybridized carbons (Fsp3) is 0.400. The maximum atomic E-state index is 11.4. The summed E-state index contributed by atoms with van der Waals surface area (Å²) in [4.78, 5) is 9.25. The van der Waals surface area contributed by atoms with Gasteiger partial charge in [0.2, 0.25) is 0 Å². The molecule has 1 aliphatic heterocycles. The molecular weight excluding hydrogens is 258 g/mol. The SMILES string of the molecule is O=S1(=O)CCC(Nc2ncnc3sccc23)C1. The van der Waals surface area contributed by atoms with Gasteiger partial charge in [-0.2, -0.15) is 0 Å². The Labute approximate surface area is 103 Å². The normalized spacial score (nSPS) is 22.9. The molecule has 1 fully saturated rings. The van der Waals surface area contributed by atoms with E-state index >= 15 is 0 Å². The second-order valence-electron chi connectivity index (χ2n) is 4.11. The highest BCUT2D eigenvalue weighted by Gasteiger charge is 2.28. The molecule has 2 aromatic rings. The van der Waals surface area contributed by atoms with Crippen LogP contribution < -0.4 is 5.32 Å². The van der Waals surface area contributed by atoms with E-state index in [9.17, 15) is 8.42 Å². The zero-order valence-corrected chi connectivity index (χ0v) is 10.6. The van der Waals surface area contributed by atoms with Gasteiger partial charge in [-0.15, -0.1) is 11.3 Å². The van der Waals surface area contributed by atoms with E-state index in [0.29, 0.717) is 6.42 Å². The first kappa shape index (κ1) is 10.9. The Morgan fingerprint density at radius 1 is 1.41 bits per heavy atom. The van der Waals surface area contributed by atoms with Gasteiger partial charge < -0.3 is 5.32 Å². The Morgan fingerprint density at radius 3 is 3.06 bits per heavy atom. The van der Waals surface area contributed by atoms with Gasteiger partial charge in [-0.1, -0.05) is 0 Å². The van der Waals surface area contributed by atoms with E-state index < -0.39 is 9.84 Å². The third-order valence-corrected chi connectivity index (χ3v) is 5.42. The summed E-state index contributed by atoms with van der Waals surface area (Å²) in [5.41, 5.74) is 0. The molecule has 17 heavy (non-hydrogen) atoms. The van der Waals surface area contributed by atoms with Gasteiger partial charge in [-0.05, 0) is 17.9 Å². The summed E-state index contributed by atoms with van der Waals surface area (Å²) >= 11 is 1.55. The van der Waals surface area contributed by atoms with Gasteiger partial charge in [0.05, 0.1) is 16.9 Å². The first-order valence-corrected chi connectivity index (χ1v) is 7.99. The second kappa shape index (κ2) is 3.92. The van der Waals surface area contributed by atoms with Crippen LogP contribution in [0.3, 0.4) is 0 Å². The topological polar surface area (TPSA) is 72.0 Å². The number of anilines is 1. The Balaban J connectivity index is 1.88. The summed E-state index contributed by atoms with van der Waals surface area (Å²) in [7, 11) is -2.86. The maximum Gasteiger partial charge on any atom is 0.152 e. The number of nitrogens with one attached hydrogen (secondary N) is 1. The van der Waals surface area contributed by atoms with Crippen LogP contribution in [0, 0.1) is 0 Å². The van der Waals surface area contributed by atoms with E-state index in [-0.39, 0.29) is 17.5 Å². The van der Waals surface area contributed by atoms with Crippen molar-refractivity contribution < 1.29 is 8.42 Å². The molecule has 1 saturated heterocycles. The standard InChI is InChI=1S/C10H11N3O2S2/c14-17(15)4-2-7(5-17)13-9-8-1-3-16-10(8)12-6-11-9/h1,3,6-7H,2,4-5H2,(H,11,12,13). The lowest BCUT2D eigenvalue weighted by molar-refractivity contribution is 0.602. The molecule has 90 valence electrons. The molecule has 7 heteroatoms. The largest absolute Gasteiger partial charge is 0.366 e. The lowest BCUT2D eigenvalue weighted by Crippen LogP contribution is -2.21. The van der Waals surface area contributed by atoms with Crippen molar-refractivity contribution in [1.29, 1.82) is 0 Å². The Hall–Kier alpha value is -1.21. The molecule has 3 heterocycles. The van der Waals surface area contributed by atoms with Gasteiger partial charge >= 0.3 is 0 Å². The van der Waals surface area contributed by atoms with E-state index in [1.807, 2.05) is 11.4 Å². The monoisotopic (exact) mass is 269 g/mol. The Kier molecular flexibility index (Phi) is 2.52. The van der Waals surface area contributed by atoms with Crippen LogP contribution in [0.1, 0.15) is 6.42 Å². The highest BCUT2D eigenvalue weighted by Crippen LogP contribution is 2.25. The molecule has 0 amide bonds. The number of aromatic nitrogens is 2. The van der Waals surface area contributed by atoms with Crippen LogP contribution in [0.2, 0.25) is 0 Å². The number of sulfone groups is 1. The van der Waals surface area contributed by atoms with Gasteiger partial charge in [0.25, 0.3) is 0 Å². The summed E-state index contributed by atoms with van der Waals surface area (Å²) in [6.45, 7) is 0. The van der Waals surface area contributed by atoms with Crippen LogP contribution in [0.25, 0.3) is 10.2 Å². The first-order valence-electron chi connectivity index (χ1n) is 5.29. The van der Waals surface area contributed by atoms with Gasteiger partial charge in [-0.3, -0.25) is 0 Å². The molecule has 3 rings (SSSR count). The number of fused-ring (bicyclic) bond motifs is 1. The summed E-state index contributed by atoms with van der Waals surface area (Å²) in [6, 6.07) is 1.92. The number of nitrogens with zero attached hydrogens (tertiary/aromatic N) is 2. The van der Waals surface area contributed by atoms with E-state index in [4.69, 9.17) is 0 Å². The van der Waals surface area contributed by atoms with Gasteiger partial charge in [-0.25, -0.2) is 18.4 Å². The molecule has 0 aliphatic carbocycles. The van der Waals surface area contributed by atoms with Gasteiger partial charge in [0.15, 0.2) is 9.84 Å². The maximum absolute atomic E-state index is 11.4. The summed E-state index contributed by atoms with van der Waals surface area (Å²) in [6.07, 6.45) is 2.16. The molecule has 1 unspecified atom stereocenters. The third-order valence-electron chi connectivity index (χ3n) is 2.84. The lowest BCUT2D eigenvalue weighted by Gasteiger charge is -2.11. The molecule has 0 saturated carbocycles. The summed E-state index contributed by atoms with van der Waals surface area (Å²) < 4.78 is 22.7. The molecule has 0 spiro atoms. The number of hydrogen-bond donors (Lipinski definition) is 1. The average molecular weight is 269 g/mol. The van der Waals surface area contributed by atoms with Crippen molar-refractivity contribution in [2.24, 2.45) is 0 Å². The zero-order valence-electron chi connectivity index (χ0n) is 8.96. The van der Waals surface area contributed by atoms with Crippen LogP contribution in [-0.4, -0.2) is 35.9 Å². The van der Waals surface area contributed by atoms with E-state index in [1.165, 1.54) is 6.33 Å². The molecular formula is C10H11N3O2S2. The van der Waals surface area contributed by atoms with Crippen molar-refractivity contribution in [3.8, 4) is 0 Å². The Morgan fingerprint density at radius 2 is 2.29 bits per heavy atom. The highest BCUT2D eigenvalue weighted by atomic mass is 32.2. The molecule has 1 N–H and O–H groups in total. The minimum Gasteiger partial charge on any atom is -0.366 e. The summed E-state index contributed by atoms with van der Waals surface area (Å²) in [5.74, 6) is 1.20. The number of rotatable bonds is 2. The number of thiophene rings is 1. The fourth-order valence-corrected chi connectivity index (χ4v) is 4.41. The summed E-state index contributed by atoms with van der Waals surface area (Å²) in [5, 5.41) is 6.12. The fourth-order valence-electron chi connectivity index (χ4n) is 2.01. The van der Waals surface area contributed by atoms with Gasteiger partial charge in [0, 0.05) is 6.04 Å². The van der Waals surface area contributed by atoms with E-state index in [0.717, 1.165) is 16.0 Å². The quantitative estimate of drug-likeness (QED) is 0.889. The molecule has 1 atom stereocenters. The van der Waals surface area contributed by atoms with Crippen molar-refractivity contribution in [2.45, 2.75) is 12.5 Å². The molecule has 1 aliphatic rings. The highest BCUT2D eigenvalue weighted by molar-refractivity contribution is 7.91. The van der Waals surface area contributed by atoms with Crippen molar-refractivity contribution >= 4 is 37.2 Å². The van der Waals surface area contributed by atoms with Crippen LogP contribution in [0.15, 0.2) is 17.8 Å². The average Bonchev–Trinajstić information content (AvgIpc) is 2.85. The van der Waals surface area contributed by atoms with E-state index in [2.05, 4.69) is 15.3 Å². The van der Waals surface area contributed by atoms with E-state index in [1.54, 1.807) is 11.3 Å². The smallest absolute Gasteiger partial charge is 0.152 e. The third kappa shape index (κ3) is 2.12. The predicted molar refractivity (Wildman–Crippen MR) is 68.1 cm³/mol. The van der Waals surface area contributed by atoms with Crippen molar-refractivity contribution in [2.75, 3.05) is 16.8 Å². The lowest BCUT2D eigenvalue weighted by atomic mass is 10.2. The second-order valence-corrected chi connectivity index (χ2v) is 7.23. The van der Waals surface area contributed by atoms with Crippen LogP contribution >= 0.6 is 11.3 Å².